The van der Waals surface area contributed by atoms with Gasteiger partial charge in [0.1, 0.15) is 0 Å². The molecule has 1 fully saturated rings. The average molecular weight is 227 g/mol. The Balaban J connectivity index is 2.06. The van der Waals surface area contributed by atoms with Crippen LogP contribution in [0.4, 0.5) is 20.4 Å². The van der Waals surface area contributed by atoms with E-state index < -0.39 is 11.6 Å². The summed E-state index contributed by atoms with van der Waals surface area (Å²) in [5.74, 6) is -1.76. The van der Waals surface area contributed by atoms with E-state index in [1.54, 1.807) is 0 Å². The van der Waals surface area contributed by atoms with Crippen LogP contribution in [0.15, 0.2) is 6.07 Å². The fraction of sp³-hybridized carbons (Fsp3) is 0.545. The van der Waals surface area contributed by atoms with Crippen molar-refractivity contribution in [2.45, 2.75) is 26.2 Å². The standard InChI is InChI=1S/C11H15F2N3/c1-11(3-2-4-11)6-15-10-8(13)5-7(12)9(14)16-10/h5H,2-4,6H2,1H3,(H3,14,15,16). The molecule has 1 aromatic rings. The van der Waals surface area contributed by atoms with Gasteiger partial charge in [-0.25, -0.2) is 13.8 Å². The molecule has 3 N–H and O–H groups in total. The first-order valence-corrected chi connectivity index (χ1v) is 5.36. The highest BCUT2D eigenvalue weighted by atomic mass is 19.1. The summed E-state index contributed by atoms with van der Waals surface area (Å²) < 4.78 is 26.2. The summed E-state index contributed by atoms with van der Waals surface area (Å²) in [5.41, 5.74) is 5.49. The van der Waals surface area contributed by atoms with Crippen LogP contribution in [0.3, 0.4) is 0 Å². The molecule has 1 aliphatic carbocycles. The Bertz CT molecular complexity index is 402. The smallest absolute Gasteiger partial charge is 0.168 e. The van der Waals surface area contributed by atoms with Gasteiger partial charge in [0.15, 0.2) is 23.3 Å². The first-order valence-electron chi connectivity index (χ1n) is 5.36. The topological polar surface area (TPSA) is 50.9 Å². The Hall–Kier alpha value is -1.39. The van der Waals surface area contributed by atoms with E-state index in [2.05, 4.69) is 17.2 Å². The summed E-state index contributed by atoms with van der Waals surface area (Å²) in [4.78, 5) is 3.65. The molecule has 3 nitrogen and oxygen atoms in total. The Labute approximate surface area is 93.1 Å². The lowest BCUT2D eigenvalue weighted by Crippen LogP contribution is -2.33. The Kier molecular flexibility index (Phi) is 2.69. The van der Waals surface area contributed by atoms with E-state index in [-0.39, 0.29) is 17.1 Å². The predicted octanol–water partition coefficient (Wildman–Crippen LogP) is 2.54. The van der Waals surface area contributed by atoms with Gasteiger partial charge in [0.25, 0.3) is 0 Å². The minimum absolute atomic E-state index is 0.0343. The third-order valence-electron chi connectivity index (χ3n) is 3.20. The molecule has 88 valence electrons. The molecule has 0 amide bonds. The number of nitrogens with two attached hydrogens (primary N) is 1. The van der Waals surface area contributed by atoms with Gasteiger partial charge < -0.3 is 11.1 Å². The number of aromatic nitrogens is 1. The van der Waals surface area contributed by atoms with Crippen molar-refractivity contribution in [3.8, 4) is 0 Å². The van der Waals surface area contributed by atoms with Gasteiger partial charge in [-0.1, -0.05) is 13.3 Å². The van der Waals surface area contributed by atoms with Crippen molar-refractivity contribution in [2.75, 3.05) is 17.6 Å². The lowest BCUT2D eigenvalue weighted by atomic mass is 9.70. The maximum Gasteiger partial charge on any atom is 0.168 e. The zero-order valence-corrected chi connectivity index (χ0v) is 9.19. The summed E-state index contributed by atoms with van der Waals surface area (Å²) in [6.45, 7) is 2.77. The molecule has 0 radical (unpaired) electrons. The Morgan fingerprint density at radius 3 is 2.69 bits per heavy atom. The van der Waals surface area contributed by atoms with Crippen LogP contribution in [0, 0.1) is 17.0 Å². The number of nitrogens with zero attached hydrogens (tertiary/aromatic N) is 1. The van der Waals surface area contributed by atoms with E-state index in [0.717, 1.165) is 18.9 Å². The van der Waals surface area contributed by atoms with E-state index >= 15 is 0 Å². The first kappa shape index (κ1) is 11.1. The second-order valence-corrected chi connectivity index (χ2v) is 4.70. The third-order valence-corrected chi connectivity index (χ3v) is 3.20. The molecule has 2 rings (SSSR count). The van der Waals surface area contributed by atoms with Gasteiger partial charge in [-0.15, -0.1) is 0 Å². The highest BCUT2D eigenvalue weighted by Crippen LogP contribution is 2.40. The normalized spacial score (nSPS) is 17.9. The Morgan fingerprint density at radius 2 is 2.12 bits per heavy atom. The van der Waals surface area contributed by atoms with E-state index in [1.807, 2.05) is 0 Å². The minimum Gasteiger partial charge on any atom is -0.381 e. The van der Waals surface area contributed by atoms with Crippen LogP contribution in [0.2, 0.25) is 0 Å². The quantitative estimate of drug-likeness (QED) is 0.834. The van der Waals surface area contributed by atoms with Crippen LogP contribution < -0.4 is 11.1 Å². The molecule has 0 aromatic carbocycles. The lowest BCUT2D eigenvalue weighted by Gasteiger charge is -2.38. The summed E-state index contributed by atoms with van der Waals surface area (Å²) in [6, 6.07) is 0.758. The number of nitrogens with one attached hydrogen (secondary N) is 1. The Morgan fingerprint density at radius 1 is 1.44 bits per heavy atom. The van der Waals surface area contributed by atoms with E-state index in [9.17, 15) is 8.78 Å². The summed E-state index contributed by atoms with van der Waals surface area (Å²) in [5, 5.41) is 2.89. The molecule has 1 aliphatic rings. The predicted molar refractivity (Wildman–Crippen MR) is 59.0 cm³/mol. The minimum atomic E-state index is -0.821. The van der Waals surface area contributed by atoms with Crippen molar-refractivity contribution in [1.82, 2.24) is 4.98 Å². The number of anilines is 2. The van der Waals surface area contributed by atoms with Gasteiger partial charge in [-0.2, -0.15) is 0 Å². The maximum absolute atomic E-state index is 13.3. The van der Waals surface area contributed by atoms with Crippen LogP contribution in [0.5, 0.6) is 0 Å². The molecule has 1 heterocycles. The van der Waals surface area contributed by atoms with E-state index in [0.29, 0.717) is 6.54 Å². The monoisotopic (exact) mass is 227 g/mol. The van der Waals surface area contributed by atoms with Gasteiger partial charge in [-0.05, 0) is 18.3 Å². The number of pyridine rings is 1. The zero-order chi connectivity index (χ0) is 11.8. The summed E-state index contributed by atoms with van der Waals surface area (Å²) >= 11 is 0. The van der Waals surface area contributed by atoms with Crippen LogP contribution in [-0.4, -0.2) is 11.5 Å². The molecule has 0 bridgehead atoms. The molecule has 0 spiro atoms. The van der Waals surface area contributed by atoms with Crippen molar-refractivity contribution < 1.29 is 8.78 Å². The van der Waals surface area contributed by atoms with Gasteiger partial charge in [0, 0.05) is 12.6 Å². The van der Waals surface area contributed by atoms with E-state index in [4.69, 9.17) is 5.73 Å². The van der Waals surface area contributed by atoms with Crippen molar-refractivity contribution in [3.05, 3.63) is 17.7 Å². The van der Waals surface area contributed by atoms with Gasteiger partial charge in [-0.3, -0.25) is 0 Å². The van der Waals surface area contributed by atoms with Crippen LogP contribution in [-0.2, 0) is 0 Å². The SMILES string of the molecule is CC1(CNc2nc(N)c(F)cc2F)CCC1. The third kappa shape index (κ3) is 2.08. The molecule has 1 aromatic heterocycles. The van der Waals surface area contributed by atoms with Gasteiger partial charge in [0.05, 0.1) is 0 Å². The highest BCUT2D eigenvalue weighted by molar-refractivity contribution is 5.45. The molecular weight excluding hydrogens is 212 g/mol. The van der Waals surface area contributed by atoms with Crippen LogP contribution in [0.1, 0.15) is 26.2 Å². The molecule has 0 saturated heterocycles. The maximum atomic E-state index is 13.3. The van der Waals surface area contributed by atoms with Crippen molar-refractivity contribution in [2.24, 2.45) is 5.41 Å². The van der Waals surface area contributed by atoms with Crippen molar-refractivity contribution >= 4 is 11.6 Å². The number of hydrogen-bond acceptors (Lipinski definition) is 3. The average Bonchev–Trinajstić information content (AvgIpc) is 2.19. The zero-order valence-electron chi connectivity index (χ0n) is 9.19. The number of halogens is 2. The molecular formula is C11H15F2N3. The number of hydrogen-bond donors (Lipinski definition) is 2. The summed E-state index contributed by atoms with van der Waals surface area (Å²) in [7, 11) is 0. The van der Waals surface area contributed by atoms with E-state index in [1.165, 1.54) is 6.42 Å². The molecule has 1 saturated carbocycles. The second kappa shape index (κ2) is 3.88. The second-order valence-electron chi connectivity index (χ2n) is 4.70. The molecule has 0 unspecified atom stereocenters. The molecule has 0 aliphatic heterocycles. The fourth-order valence-electron chi connectivity index (χ4n) is 1.86. The lowest BCUT2D eigenvalue weighted by molar-refractivity contribution is 0.179. The molecule has 0 atom stereocenters. The van der Waals surface area contributed by atoms with Gasteiger partial charge >= 0.3 is 0 Å². The molecule has 5 heteroatoms. The fourth-order valence-corrected chi connectivity index (χ4v) is 1.86. The summed E-state index contributed by atoms with van der Waals surface area (Å²) in [6.07, 6.45) is 3.45. The van der Waals surface area contributed by atoms with Crippen molar-refractivity contribution in [1.29, 1.82) is 0 Å². The van der Waals surface area contributed by atoms with Crippen LogP contribution in [0.25, 0.3) is 0 Å². The largest absolute Gasteiger partial charge is 0.381 e. The highest BCUT2D eigenvalue weighted by Gasteiger charge is 2.31. The number of nitrogen functional groups attached to an aromatic ring is 1. The first-order chi connectivity index (χ1) is 7.50. The molecule has 16 heavy (non-hydrogen) atoms. The van der Waals surface area contributed by atoms with Crippen LogP contribution >= 0.6 is 0 Å². The van der Waals surface area contributed by atoms with Gasteiger partial charge in [0.2, 0.25) is 0 Å². The number of rotatable bonds is 3. The van der Waals surface area contributed by atoms with Crippen molar-refractivity contribution in [3.63, 3.8) is 0 Å².